The first kappa shape index (κ1) is 16.0. The lowest BCUT2D eigenvalue weighted by Crippen LogP contribution is -2.38. The highest BCUT2D eigenvalue weighted by Crippen LogP contribution is 2.17. The molecule has 0 radical (unpaired) electrons. The van der Waals surface area contributed by atoms with Gasteiger partial charge >= 0.3 is 5.97 Å². The van der Waals surface area contributed by atoms with Crippen LogP contribution < -0.4 is 0 Å². The molecule has 1 aromatic rings. The zero-order chi connectivity index (χ0) is 15.1. The molecule has 0 aromatic heterocycles. The number of amides is 1. The number of hydrogen-bond acceptors (Lipinski definition) is 3. The maximum absolute atomic E-state index is 12.2. The van der Waals surface area contributed by atoms with Crippen molar-refractivity contribution in [3.05, 3.63) is 29.8 Å². The van der Waals surface area contributed by atoms with E-state index < -0.39 is 5.97 Å². The van der Waals surface area contributed by atoms with E-state index in [1.54, 1.807) is 29.2 Å². The van der Waals surface area contributed by atoms with Crippen molar-refractivity contribution in [2.24, 2.45) is 0 Å². The van der Waals surface area contributed by atoms with Gasteiger partial charge in [-0.2, -0.15) is 0 Å². The number of carbonyl (C=O) groups excluding carboxylic acids is 1. The number of carboxylic acid groups (broad SMARTS) is 1. The number of hydrogen-bond donors (Lipinski definition) is 2. The second-order valence-corrected chi connectivity index (χ2v) is 4.98. The van der Waals surface area contributed by atoms with Gasteiger partial charge < -0.3 is 15.1 Å². The zero-order valence-corrected chi connectivity index (χ0v) is 11.9. The molecular weight excluding hydrogens is 258 g/mol. The lowest BCUT2D eigenvalue weighted by Gasteiger charge is -2.26. The average Bonchev–Trinajstić information content (AvgIpc) is 2.36. The molecule has 0 aliphatic carbocycles. The molecule has 1 rings (SSSR count). The number of aromatic hydroxyl groups is 1. The highest BCUT2D eigenvalue weighted by Gasteiger charge is 2.18. The molecule has 0 atom stereocenters. The topological polar surface area (TPSA) is 77.8 Å². The van der Waals surface area contributed by atoms with Crippen LogP contribution in [-0.4, -0.2) is 39.6 Å². The largest absolute Gasteiger partial charge is 0.508 e. The first-order chi connectivity index (χ1) is 9.41. The smallest absolute Gasteiger partial charge is 0.303 e. The number of phenolic OH excluding ortho intramolecular Hbond substituents is 1. The Morgan fingerprint density at radius 3 is 2.45 bits per heavy atom. The number of nitrogens with zero attached hydrogens (tertiary/aromatic N) is 1. The third-order valence-corrected chi connectivity index (χ3v) is 3.07. The third-order valence-electron chi connectivity index (χ3n) is 3.07. The molecule has 0 bridgehead atoms. The monoisotopic (exact) mass is 279 g/mol. The molecule has 0 saturated carbocycles. The van der Waals surface area contributed by atoms with Crippen molar-refractivity contribution in [2.45, 2.75) is 39.2 Å². The molecule has 1 amide bonds. The number of aliphatic carboxylic acids is 1. The molecule has 0 unspecified atom stereocenters. The average molecular weight is 279 g/mol. The van der Waals surface area contributed by atoms with Crippen LogP contribution in [0.15, 0.2) is 24.3 Å². The van der Waals surface area contributed by atoms with Crippen LogP contribution in [0.4, 0.5) is 0 Å². The summed E-state index contributed by atoms with van der Waals surface area (Å²) in [5.74, 6) is -0.858. The van der Waals surface area contributed by atoms with E-state index in [-0.39, 0.29) is 30.5 Å². The van der Waals surface area contributed by atoms with Gasteiger partial charge in [-0.3, -0.25) is 9.59 Å². The lowest BCUT2D eigenvalue weighted by atomic mass is 10.1. The first-order valence-electron chi connectivity index (χ1n) is 6.70. The van der Waals surface area contributed by atoms with E-state index >= 15 is 0 Å². The lowest BCUT2D eigenvalue weighted by molar-refractivity contribution is -0.138. The fraction of sp³-hybridized carbons (Fsp3) is 0.467. The predicted octanol–water partition coefficient (Wildman–Crippen LogP) is 2.04. The van der Waals surface area contributed by atoms with Gasteiger partial charge in [-0.1, -0.05) is 18.2 Å². The van der Waals surface area contributed by atoms with E-state index in [4.69, 9.17) is 5.11 Å². The van der Waals surface area contributed by atoms with Gasteiger partial charge in [0.15, 0.2) is 0 Å². The van der Waals surface area contributed by atoms with Gasteiger partial charge in [-0.15, -0.1) is 0 Å². The Balaban J connectivity index is 2.65. The van der Waals surface area contributed by atoms with Crippen LogP contribution in [0.25, 0.3) is 0 Å². The maximum Gasteiger partial charge on any atom is 0.303 e. The first-order valence-corrected chi connectivity index (χ1v) is 6.70. The van der Waals surface area contributed by atoms with Gasteiger partial charge in [0.05, 0.1) is 6.42 Å². The van der Waals surface area contributed by atoms with Gasteiger partial charge in [0.25, 0.3) is 0 Å². The van der Waals surface area contributed by atoms with Crippen LogP contribution in [0.1, 0.15) is 32.3 Å². The van der Waals surface area contributed by atoms with Gasteiger partial charge in [-0.25, -0.2) is 0 Å². The minimum Gasteiger partial charge on any atom is -0.508 e. The quantitative estimate of drug-likeness (QED) is 0.800. The van der Waals surface area contributed by atoms with Crippen molar-refractivity contribution in [1.82, 2.24) is 4.90 Å². The van der Waals surface area contributed by atoms with Crippen molar-refractivity contribution in [2.75, 3.05) is 6.54 Å². The normalized spacial score (nSPS) is 10.6. The van der Waals surface area contributed by atoms with E-state index in [9.17, 15) is 14.7 Å². The molecule has 20 heavy (non-hydrogen) atoms. The van der Waals surface area contributed by atoms with E-state index in [0.29, 0.717) is 18.5 Å². The van der Waals surface area contributed by atoms with Gasteiger partial charge in [0.2, 0.25) is 5.91 Å². The molecule has 2 N–H and O–H groups in total. The minimum atomic E-state index is -0.859. The zero-order valence-electron chi connectivity index (χ0n) is 11.9. The van der Waals surface area contributed by atoms with Crippen molar-refractivity contribution in [1.29, 1.82) is 0 Å². The Bertz CT molecular complexity index is 471. The summed E-state index contributed by atoms with van der Waals surface area (Å²) in [5, 5.41) is 18.3. The number of phenols is 1. The number of rotatable bonds is 7. The summed E-state index contributed by atoms with van der Waals surface area (Å²) in [5.41, 5.74) is 0.585. The molecule has 0 spiro atoms. The van der Waals surface area contributed by atoms with Gasteiger partial charge in [-0.05, 0) is 26.3 Å². The van der Waals surface area contributed by atoms with Crippen LogP contribution in [0.3, 0.4) is 0 Å². The second kappa shape index (κ2) is 7.53. The molecule has 5 nitrogen and oxygen atoms in total. The van der Waals surface area contributed by atoms with Gasteiger partial charge in [0.1, 0.15) is 5.75 Å². The van der Waals surface area contributed by atoms with Crippen LogP contribution in [0.2, 0.25) is 0 Å². The predicted molar refractivity (Wildman–Crippen MR) is 75.5 cm³/mol. The van der Waals surface area contributed by atoms with Gasteiger partial charge in [0, 0.05) is 24.6 Å². The third kappa shape index (κ3) is 4.91. The number of carboxylic acids is 1. The molecule has 0 fully saturated rings. The Hall–Kier alpha value is -2.04. The van der Waals surface area contributed by atoms with Crippen LogP contribution in [0.5, 0.6) is 5.75 Å². The Morgan fingerprint density at radius 1 is 1.25 bits per heavy atom. The standard InChI is InChI=1S/C15H21NO4/c1-11(2)16(9-5-8-15(19)20)14(18)10-12-6-3-4-7-13(12)17/h3-4,6-7,11,17H,5,8-10H2,1-2H3,(H,19,20). The number of carbonyl (C=O) groups is 2. The summed E-state index contributed by atoms with van der Waals surface area (Å²) < 4.78 is 0. The summed E-state index contributed by atoms with van der Waals surface area (Å²) in [6, 6.07) is 6.74. The minimum absolute atomic E-state index is 0.00199. The SMILES string of the molecule is CC(C)N(CCCC(=O)O)C(=O)Cc1ccccc1O. The van der Waals surface area contributed by atoms with E-state index in [2.05, 4.69) is 0 Å². The number of para-hydroxylation sites is 1. The fourth-order valence-electron chi connectivity index (χ4n) is 2.00. The molecule has 0 aliphatic heterocycles. The molecular formula is C15H21NO4. The number of benzene rings is 1. The van der Waals surface area contributed by atoms with Crippen molar-refractivity contribution < 1.29 is 19.8 Å². The van der Waals surface area contributed by atoms with Crippen molar-refractivity contribution in [3.63, 3.8) is 0 Å². The Labute approximate surface area is 118 Å². The second-order valence-electron chi connectivity index (χ2n) is 4.98. The summed E-state index contributed by atoms with van der Waals surface area (Å²) in [6.45, 7) is 4.20. The molecule has 0 heterocycles. The highest BCUT2D eigenvalue weighted by atomic mass is 16.4. The molecule has 0 saturated heterocycles. The Kier molecular flexibility index (Phi) is 6.03. The molecule has 0 aliphatic rings. The molecule has 5 heteroatoms. The summed E-state index contributed by atoms with van der Waals surface area (Å²) in [7, 11) is 0. The van der Waals surface area contributed by atoms with E-state index in [1.165, 1.54) is 0 Å². The summed E-state index contributed by atoms with van der Waals surface area (Å²) in [4.78, 5) is 24.4. The van der Waals surface area contributed by atoms with E-state index in [0.717, 1.165) is 0 Å². The van der Waals surface area contributed by atoms with E-state index in [1.807, 2.05) is 13.8 Å². The van der Waals surface area contributed by atoms with Crippen molar-refractivity contribution in [3.8, 4) is 5.75 Å². The highest BCUT2D eigenvalue weighted by molar-refractivity contribution is 5.79. The maximum atomic E-state index is 12.2. The molecule has 1 aromatic carbocycles. The van der Waals surface area contributed by atoms with Crippen molar-refractivity contribution >= 4 is 11.9 Å². The summed E-state index contributed by atoms with van der Waals surface area (Å²) in [6.07, 6.45) is 0.602. The molecule has 110 valence electrons. The fourth-order valence-corrected chi connectivity index (χ4v) is 2.00. The van der Waals surface area contributed by atoms with Crippen LogP contribution in [-0.2, 0) is 16.0 Å². The van der Waals surface area contributed by atoms with Crippen LogP contribution >= 0.6 is 0 Å². The summed E-state index contributed by atoms with van der Waals surface area (Å²) >= 11 is 0. The van der Waals surface area contributed by atoms with Crippen LogP contribution in [0, 0.1) is 0 Å². The Morgan fingerprint density at radius 2 is 1.90 bits per heavy atom.